The molecule has 3 N–H and O–H groups in total. The molecule has 0 aliphatic heterocycles. The van der Waals surface area contributed by atoms with Gasteiger partial charge in [-0.1, -0.05) is 0 Å². The fraction of sp³-hybridized carbons (Fsp3) is 0.222. The van der Waals surface area contributed by atoms with Gasteiger partial charge < -0.3 is 24.7 Å². The van der Waals surface area contributed by atoms with Crippen LogP contribution in [0.5, 0.6) is 23.0 Å². The van der Waals surface area contributed by atoms with E-state index < -0.39 is 0 Å². The summed E-state index contributed by atoms with van der Waals surface area (Å²) in [5, 5.41) is 7.20. The number of aromatic amines is 1. The first-order chi connectivity index (χ1) is 12.6. The number of nitrogens with zero attached hydrogens (tertiary/aromatic N) is 2. The van der Waals surface area contributed by atoms with Gasteiger partial charge in [-0.25, -0.2) is 4.98 Å². The number of aromatic nitrogens is 3. The van der Waals surface area contributed by atoms with Crippen molar-refractivity contribution in [2.75, 3.05) is 34.2 Å². The second kappa shape index (κ2) is 7.22. The van der Waals surface area contributed by atoms with Crippen molar-refractivity contribution >= 4 is 5.69 Å². The molecule has 3 aromatic rings. The van der Waals surface area contributed by atoms with E-state index in [1.54, 1.807) is 46.6 Å². The second-order valence-electron chi connectivity index (χ2n) is 5.35. The van der Waals surface area contributed by atoms with E-state index >= 15 is 0 Å². The highest BCUT2D eigenvalue weighted by atomic mass is 16.5. The van der Waals surface area contributed by atoms with Gasteiger partial charge in [-0.3, -0.25) is 5.10 Å². The number of benzene rings is 2. The van der Waals surface area contributed by atoms with Crippen molar-refractivity contribution in [2.24, 2.45) is 0 Å². The van der Waals surface area contributed by atoms with Gasteiger partial charge in [0.15, 0.2) is 23.1 Å². The van der Waals surface area contributed by atoms with Crippen LogP contribution in [0.15, 0.2) is 30.3 Å². The molecule has 8 nitrogen and oxygen atoms in total. The Hall–Kier alpha value is -3.42. The lowest BCUT2D eigenvalue weighted by Gasteiger charge is -2.14. The van der Waals surface area contributed by atoms with Crippen molar-refractivity contribution in [3.8, 4) is 45.8 Å². The van der Waals surface area contributed by atoms with Gasteiger partial charge in [-0.2, -0.15) is 5.10 Å². The molecule has 0 saturated carbocycles. The summed E-state index contributed by atoms with van der Waals surface area (Å²) >= 11 is 0. The van der Waals surface area contributed by atoms with E-state index in [0.717, 1.165) is 5.56 Å². The smallest absolute Gasteiger partial charge is 0.204 e. The molecule has 26 heavy (non-hydrogen) atoms. The molecular formula is C18H20N4O4. The highest BCUT2D eigenvalue weighted by Crippen LogP contribution is 2.43. The maximum absolute atomic E-state index is 5.96. The number of hydrogen-bond acceptors (Lipinski definition) is 7. The summed E-state index contributed by atoms with van der Waals surface area (Å²) in [5.74, 6) is 3.20. The van der Waals surface area contributed by atoms with Gasteiger partial charge in [0.05, 0.1) is 39.7 Å². The van der Waals surface area contributed by atoms with E-state index in [0.29, 0.717) is 45.9 Å². The molecule has 1 aromatic heterocycles. The van der Waals surface area contributed by atoms with Crippen LogP contribution in [0.1, 0.15) is 0 Å². The highest BCUT2D eigenvalue weighted by Gasteiger charge is 2.20. The summed E-state index contributed by atoms with van der Waals surface area (Å²) in [5.41, 5.74) is 7.94. The average Bonchev–Trinajstić information content (AvgIpc) is 3.16. The third kappa shape index (κ3) is 2.97. The standard InChI is InChI=1S/C18H20N4O4/c1-23-13-7-5-10(9-12(13)19)17-20-18(22-21-17)11-6-8-14(24-2)16(26-4)15(11)25-3/h5-9H,19H2,1-4H3,(H,20,21,22). The zero-order chi connectivity index (χ0) is 18.7. The Morgan fingerprint density at radius 2 is 1.54 bits per heavy atom. The number of rotatable bonds is 6. The van der Waals surface area contributed by atoms with Crippen LogP contribution in [-0.2, 0) is 0 Å². The minimum atomic E-state index is 0.485. The first-order valence-corrected chi connectivity index (χ1v) is 7.78. The molecule has 0 unspecified atom stereocenters. The summed E-state index contributed by atoms with van der Waals surface area (Å²) in [4.78, 5) is 4.55. The lowest BCUT2D eigenvalue weighted by Crippen LogP contribution is -1.97. The van der Waals surface area contributed by atoms with Crippen LogP contribution in [0.4, 0.5) is 5.69 Å². The molecule has 0 saturated heterocycles. The van der Waals surface area contributed by atoms with E-state index in [4.69, 9.17) is 24.7 Å². The number of hydrogen-bond donors (Lipinski definition) is 2. The zero-order valence-corrected chi connectivity index (χ0v) is 15.0. The quantitative estimate of drug-likeness (QED) is 0.654. The van der Waals surface area contributed by atoms with Crippen molar-refractivity contribution in [3.63, 3.8) is 0 Å². The molecule has 8 heteroatoms. The third-order valence-corrected chi connectivity index (χ3v) is 3.93. The van der Waals surface area contributed by atoms with Crippen molar-refractivity contribution < 1.29 is 18.9 Å². The lowest BCUT2D eigenvalue weighted by atomic mass is 10.1. The van der Waals surface area contributed by atoms with Crippen molar-refractivity contribution in [3.05, 3.63) is 30.3 Å². The minimum absolute atomic E-state index is 0.485. The molecule has 3 rings (SSSR count). The highest BCUT2D eigenvalue weighted by molar-refractivity contribution is 5.74. The van der Waals surface area contributed by atoms with Crippen LogP contribution in [0, 0.1) is 0 Å². The van der Waals surface area contributed by atoms with Crippen LogP contribution >= 0.6 is 0 Å². The van der Waals surface area contributed by atoms with Gasteiger partial charge in [0, 0.05) is 5.56 Å². The molecule has 0 atom stereocenters. The zero-order valence-electron chi connectivity index (χ0n) is 15.0. The van der Waals surface area contributed by atoms with Gasteiger partial charge in [-0.05, 0) is 30.3 Å². The molecule has 0 aliphatic rings. The number of nitrogen functional groups attached to an aromatic ring is 1. The van der Waals surface area contributed by atoms with Gasteiger partial charge in [0.25, 0.3) is 0 Å². The number of anilines is 1. The van der Waals surface area contributed by atoms with Crippen molar-refractivity contribution in [1.29, 1.82) is 0 Å². The predicted molar refractivity (Wildman–Crippen MR) is 97.9 cm³/mol. The molecule has 0 amide bonds. The summed E-state index contributed by atoms with van der Waals surface area (Å²) in [6.45, 7) is 0. The van der Waals surface area contributed by atoms with Crippen LogP contribution < -0.4 is 24.7 Å². The summed E-state index contributed by atoms with van der Waals surface area (Å²) < 4.78 is 21.4. The molecule has 1 heterocycles. The molecular weight excluding hydrogens is 336 g/mol. The maximum Gasteiger partial charge on any atom is 0.204 e. The topological polar surface area (TPSA) is 105 Å². The van der Waals surface area contributed by atoms with Gasteiger partial charge in [0.2, 0.25) is 5.75 Å². The first-order valence-electron chi connectivity index (χ1n) is 7.78. The first kappa shape index (κ1) is 17.4. The Bertz CT molecular complexity index is 924. The largest absolute Gasteiger partial charge is 0.495 e. The van der Waals surface area contributed by atoms with E-state index in [2.05, 4.69) is 15.2 Å². The van der Waals surface area contributed by atoms with Gasteiger partial charge >= 0.3 is 0 Å². The molecule has 2 aromatic carbocycles. The van der Waals surface area contributed by atoms with E-state index in [1.807, 2.05) is 12.1 Å². The van der Waals surface area contributed by atoms with Crippen molar-refractivity contribution in [1.82, 2.24) is 15.2 Å². The van der Waals surface area contributed by atoms with E-state index in [1.165, 1.54) is 0 Å². The molecule has 0 fully saturated rings. The Kier molecular flexibility index (Phi) is 4.83. The monoisotopic (exact) mass is 356 g/mol. The Morgan fingerprint density at radius 3 is 2.15 bits per heavy atom. The SMILES string of the molecule is COc1ccc(-c2n[nH]c(-c3ccc(OC)c(OC)c3OC)n2)cc1N. The molecule has 0 aliphatic carbocycles. The lowest BCUT2D eigenvalue weighted by molar-refractivity contribution is 0.325. The van der Waals surface area contributed by atoms with Crippen molar-refractivity contribution in [2.45, 2.75) is 0 Å². The summed E-state index contributed by atoms with van der Waals surface area (Å²) in [7, 11) is 6.25. The number of methoxy groups -OCH3 is 4. The van der Waals surface area contributed by atoms with Crippen LogP contribution in [0.25, 0.3) is 22.8 Å². The van der Waals surface area contributed by atoms with Gasteiger partial charge in [-0.15, -0.1) is 0 Å². The second-order valence-corrected chi connectivity index (χ2v) is 5.35. The fourth-order valence-corrected chi connectivity index (χ4v) is 2.67. The third-order valence-electron chi connectivity index (χ3n) is 3.93. The Balaban J connectivity index is 2.04. The average molecular weight is 356 g/mol. The van der Waals surface area contributed by atoms with E-state index in [9.17, 15) is 0 Å². The maximum atomic E-state index is 5.96. The van der Waals surface area contributed by atoms with Crippen LogP contribution in [-0.4, -0.2) is 43.6 Å². The number of H-pyrrole nitrogens is 1. The Labute approximate surface area is 150 Å². The Morgan fingerprint density at radius 1 is 0.846 bits per heavy atom. The fourth-order valence-electron chi connectivity index (χ4n) is 2.67. The van der Waals surface area contributed by atoms with Crippen LogP contribution in [0.2, 0.25) is 0 Å². The van der Waals surface area contributed by atoms with Crippen LogP contribution in [0.3, 0.4) is 0 Å². The van der Waals surface area contributed by atoms with E-state index in [-0.39, 0.29) is 0 Å². The summed E-state index contributed by atoms with van der Waals surface area (Å²) in [6.07, 6.45) is 0. The molecule has 0 spiro atoms. The van der Waals surface area contributed by atoms with Gasteiger partial charge in [0.1, 0.15) is 5.75 Å². The summed E-state index contributed by atoms with van der Waals surface area (Å²) in [6, 6.07) is 8.99. The molecule has 136 valence electrons. The number of ether oxygens (including phenoxy) is 4. The molecule has 0 radical (unpaired) electrons. The number of nitrogens with two attached hydrogens (primary N) is 1. The molecule has 0 bridgehead atoms. The minimum Gasteiger partial charge on any atom is -0.495 e. The predicted octanol–water partition coefficient (Wildman–Crippen LogP) is 2.76. The normalized spacial score (nSPS) is 10.5. The number of nitrogens with one attached hydrogen (secondary N) is 1.